The lowest BCUT2D eigenvalue weighted by molar-refractivity contribution is -0.384. The molecule has 0 aliphatic carbocycles. The Labute approximate surface area is 119 Å². The molecule has 0 unspecified atom stereocenters. The lowest BCUT2D eigenvalue weighted by atomic mass is 10.1. The van der Waals surface area contributed by atoms with E-state index in [1.807, 2.05) is 6.92 Å². The second-order valence-corrected chi connectivity index (χ2v) is 4.48. The van der Waals surface area contributed by atoms with Crippen molar-refractivity contribution in [2.24, 2.45) is 0 Å². The molecule has 0 atom stereocenters. The van der Waals surface area contributed by atoms with Crippen LogP contribution in [-0.2, 0) is 6.54 Å². The molecule has 0 spiro atoms. The van der Waals surface area contributed by atoms with Crippen molar-refractivity contribution in [3.05, 3.63) is 51.2 Å². The van der Waals surface area contributed by atoms with Crippen LogP contribution in [0.1, 0.15) is 17.4 Å². The molecular weight excluding hydrogens is 284 g/mol. The smallest absolute Gasteiger partial charge is 0.352 e. The molecule has 0 radical (unpaired) electrons. The summed E-state index contributed by atoms with van der Waals surface area (Å²) in [5.74, 6) is -1.03. The summed E-state index contributed by atoms with van der Waals surface area (Å²) in [5, 5.41) is 20.0. The number of nitro groups is 1. The fourth-order valence-corrected chi connectivity index (χ4v) is 2.33. The van der Waals surface area contributed by atoms with Gasteiger partial charge in [0.2, 0.25) is 0 Å². The van der Waals surface area contributed by atoms with Crippen molar-refractivity contribution in [3.63, 3.8) is 0 Å². The van der Waals surface area contributed by atoms with Gasteiger partial charge >= 0.3 is 5.97 Å². The molecule has 0 amide bonds. The highest BCUT2D eigenvalue weighted by molar-refractivity contribution is 6.33. The maximum atomic E-state index is 11.1. The van der Waals surface area contributed by atoms with E-state index in [1.165, 1.54) is 24.3 Å². The number of nitro benzene ring substituents is 1. The van der Waals surface area contributed by atoms with Crippen LogP contribution in [0, 0.1) is 10.1 Å². The second-order valence-electron chi connectivity index (χ2n) is 4.07. The normalized spacial score (nSPS) is 10.5. The first-order chi connectivity index (χ1) is 9.45. The molecule has 2 rings (SSSR count). The minimum atomic E-state index is -1.03. The zero-order valence-electron chi connectivity index (χ0n) is 10.5. The molecule has 1 aromatic carbocycles. The Balaban J connectivity index is 2.57. The van der Waals surface area contributed by atoms with Crippen molar-refractivity contribution < 1.29 is 14.8 Å². The van der Waals surface area contributed by atoms with Gasteiger partial charge in [0.25, 0.3) is 5.69 Å². The lowest BCUT2D eigenvalue weighted by Crippen LogP contribution is -2.08. The minimum Gasteiger partial charge on any atom is -0.477 e. The average Bonchev–Trinajstić information content (AvgIpc) is 2.82. The molecule has 1 heterocycles. The van der Waals surface area contributed by atoms with Crippen LogP contribution < -0.4 is 0 Å². The Morgan fingerprint density at radius 2 is 2.10 bits per heavy atom. The molecule has 2 aromatic rings. The quantitative estimate of drug-likeness (QED) is 0.691. The van der Waals surface area contributed by atoms with Crippen LogP contribution in [0.5, 0.6) is 0 Å². The van der Waals surface area contributed by atoms with E-state index in [0.717, 1.165) is 0 Å². The molecule has 0 aliphatic heterocycles. The monoisotopic (exact) mass is 294 g/mol. The summed E-state index contributed by atoms with van der Waals surface area (Å²) in [6.45, 7) is 2.27. The van der Waals surface area contributed by atoms with Crippen molar-refractivity contribution >= 4 is 23.3 Å². The van der Waals surface area contributed by atoms with Gasteiger partial charge in [-0.2, -0.15) is 0 Å². The largest absolute Gasteiger partial charge is 0.477 e. The van der Waals surface area contributed by atoms with Gasteiger partial charge in [0, 0.05) is 24.2 Å². The van der Waals surface area contributed by atoms with Crippen molar-refractivity contribution in [1.29, 1.82) is 0 Å². The van der Waals surface area contributed by atoms with E-state index in [2.05, 4.69) is 0 Å². The summed E-state index contributed by atoms with van der Waals surface area (Å²) in [5.41, 5.74) is 1.22. The summed E-state index contributed by atoms with van der Waals surface area (Å²) in [4.78, 5) is 21.3. The van der Waals surface area contributed by atoms with Crippen LogP contribution >= 0.6 is 11.6 Å². The SMILES string of the molecule is CCn1c(C(=O)O)ccc1-c1ccc([N+](=O)[O-])cc1Cl. The van der Waals surface area contributed by atoms with Gasteiger partial charge in [-0.25, -0.2) is 4.79 Å². The highest BCUT2D eigenvalue weighted by atomic mass is 35.5. The fourth-order valence-electron chi connectivity index (χ4n) is 2.06. The Kier molecular flexibility index (Phi) is 3.76. The van der Waals surface area contributed by atoms with Crippen LogP contribution in [0.4, 0.5) is 5.69 Å². The molecule has 104 valence electrons. The van der Waals surface area contributed by atoms with E-state index < -0.39 is 10.9 Å². The molecule has 1 aromatic heterocycles. The topological polar surface area (TPSA) is 85.4 Å². The number of halogens is 1. The van der Waals surface area contributed by atoms with Crippen LogP contribution in [-0.4, -0.2) is 20.6 Å². The highest BCUT2D eigenvalue weighted by Crippen LogP contribution is 2.32. The number of rotatable bonds is 4. The first kappa shape index (κ1) is 14.1. The van der Waals surface area contributed by atoms with Gasteiger partial charge in [0.05, 0.1) is 15.6 Å². The van der Waals surface area contributed by atoms with E-state index in [0.29, 0.717) is 17.8 Å². The average molecular weight is 295 g/mol. The number of non-ortho nitro benzene ring substituents is 1. The maximum absolute atomic E-state index is 11.1. The molecule has 0 aliphatic rings. The number of carbonyl (C=O) groups is 1. The number of aromatic nitrogens is 1. The first-order valence-corrected chi connectivity index (χ1v) is 6.20. The van der Waals surface area contributed by atoms with Gasteiger partial charge < -0.3 is 9.67 Å². The van der Waals surface area contributed by atoms with Crippen LogP contribution in [0.25, 0.3) is 11.3 Å². The van der Waals surface area contributed by atoms with Crippen molar-refractivity contribution in [3.8, 4) is 11.3 Å². The summed E-state index contributed by atoms with van der Waals surface area (Å²) < 4.78 is 1.59. The number of carboxylic acids is 1. The summed E-state index contributed by atoms with van der Waals surface area (Å²) in [6.07, 6.45) is 0. The van der Waals surface area contributed by atoms with E-state index in [4.69, 9.17) is 16.7 Å². The van der Waals surface area contributed by atoms with Gasteiger partial charge in [0.1, 0.15) is 5.69 Å². The number of carboxylic acid groups (broad SMARTS) is 1. The fraction of sp³-hybridized carbons (Fsp3) is 0.154. The minimum absolute atomic E-state index is 0.105. The predicted octanol–water partition coefficient (Wildman–Crippen LogP) is 3.43. The lowest BCUT2D eigenvalue weighted by Gasteiger charge is -2.10. The van der Waals surface area contributed by atoms with E-state index in [9.17, 15) is 14.9 Å². The van der Waals surface area contributed by atoms with Crippen LogP contribution in [0.2, 0.25) is 5.02 Å². The molecular formula is C13H11ClN2O4. The third-order valence-corrected chi connectivity index (χ3v) is 3.27. The second kappa shape index (κ2) is 5.34. The molecule has 1 N–H and O–H groups in total. The third kappa shape index (κ3) is 2.37. The van der Waals surface area contributed by atoms with Gasteiger partial charge in [-0.3, -0.25) is 10.1 Å². The Morgan fingerprint density at radius 3 is 2.60 bits per heavy atom. The number of benzene rings is 1. The van der Waals surface area contributed by atoms with Crippen LogP contribution in [0.3, 0.4) is 0 Å². The van der Waals surface area contributed by atoms with Crippen LogP contribution in [0.15, 0.2) is 30.3 Å². The first-order valence-electron chi connectivity index (χ1n) is 5.82. The van der Waals surface area contributed by atoms with Gasteiger partial charge in [-0.1, -0.05) is 11.6 Å². The standard InChI is InChI=1S/C13H11ClN2O4/c1-2-15-11(5-6-12(15)13(17)18)9-4-3-8(16(19)20)7-10(9)14/h3-7H,2H2,1H3,(H,17,18). The summed E-state index contributed by atoms with van der Waals surface area (Å²) >= 11 is 6.06. The van der Waals surface area contributed by atoms with Crippen molar-refractivity contribution in [2.45, 2.75) is 13.5 Å². The summed E-state index contributed by atoms with van der Waals surface area (Å²) in [6, 6.07) is 7.24. The number of hydrogen-bond acceptors (Lipinski definition) is 3. The molecule has 0 fully saturated rings. The van der Waals surface area contributed by atoms with E-state index in [1.54, 1.807) is 10.6 Å². The molecule has 6 nitrogen and oxygen atoms in total. The van der Waals surface area contributed by atoms with Crippen molar-refractivity contribution in [2.75, 3.05) is 0 Å². The summed E-state index contributed by atoms with van der Waals surface area (Å²) in [7, 11) is 0. The number of aromatic carboxylic acids is 1. The number of hydrogen-bond donors (Lipinski definition) is 1. The zero-order valence-corrected chi connectivity index (χ0v) is 11.3. The molecule has 0 bridgehead atoms. The molecule has 20 heavy (non-hydrogen) atoms. The van der Waals surface area contributed by atoms with Crippen molar-refractivity contribution in [1.82, 2.24) is 4.57 Å². The zero-order chi connectivity index (χ0) is 14.9. The Hall–Kier alpha value is -2.34. The van der Waals surface area contributed by atoms with E-state index >= 15 is 0 Å². The molecule has 0 saturated heterocycles. The third-order valence-electron chi connectivity index (χ3n) is 2.96. The Bertz CT molecular complexity index is 694. The predicted molar refractivity (Wildman–Crippen MR) is 74.2 cm³/mol. The van der Waals surface area contributed by atoms with E-state index in [-0.39, 0.29) is 16.4 Å². The van der Waals surface area contributed by atoms with Gasteiger partial charge in [0.15, 0.2) is 0 Å². The van der Waals surface area contributed by atoms with Gasteiger partial charge in [-0.05, 0) is 25.1 Å². The number of nitrogens with zero attached hydrogens (tertiary/aromatic N) is 2. The maximum Gasteiger partial charge on any atom is 0.352 e. The highest BCUT2D eigenvalue weighted by Gasteiger charge is 2.17. The Morgan fingerprint density at radius 1 is 1.40 bits per heavy atom. The van der Waals surface area contributed by atoms with Gasteiger partial charge in [-0.15, -0.1) is 0 Å². The molecule has 7 heteroatoms. The molecule has 0 saturated carbocycles.